The Hall–Kier alpha value is -2.10. The fourth-order valence-corrected chi connectivity index (χ4v) is 3.06. The molecule has 0 unspecified atom stereocenters. The summed E-state index contributed by atoms with van der Waals surface area (Å²) in [4.78, 5) is 11.3. The second-order valence-corrected chi connectivity index (χ2v) is 5.48. The number of rotatable bonds is 3. The maximum atomic E-state index is 11.3. The van der Waals surface area contributed by atoms with Gasteiger partial charge in [-0.25, -0.2) is 0 Å². The summed E-state index contributed by atoms with van der Waals surface area (Å²) in [5, 5.41) is 6.56. The molecule has 1 aromatic heterocycles. The third-order valence-corrected chi connectivity index (χ3v) is 4.18. The van der Waals surface area contributed by atoms with E-state index in [1.165, 1.54) is 37.7 Å². The molecule has 1 aromatic carbocycles. The molecule has 104 valence electrons. The Labute approximate surface area is 118 Å². The van der Waals surface area contributed by atoms with Crippen LogP contribution in [0.5, 0.6) is 0 Å². The number of nitrogens with one attached hydrogen (secondary N) is 1. The first-order valence-electron chi connectivity index (χ1n) is 7.19. The third-order valence-electron chi connectivity index (χ3n) is 4.18. The molecule has 0 aliphatic heterocycles. The van der Waals surface area contributed by atoms with Gasteiger partial charge in [-0.15, -0.1) is 0 Å². The zero-order valence-electron chi connectivity index (χ0n) is 11.4. The zero-order valence-corrected chi connectivity index (χ0v) is 11.4. The molecule has 1 saturated carbocycles. The number of aromatic nitrogens is 2. The van der Waals surface area contributed by atoms with Crippen molar-refractivity contribution in [1.29, 1.82) is 0 Å². The van der Waals surface area contributed by atoms with Crippen LogP contribution in [0, 0.1) is 0 Å². The summed E-state index contributed by atoms with van der Waals surface area (Å²) in [6.45, 7) is 0. The minimum Gasteiger partial charge on any atom is -0.364 e. The van der Waals surface area contributed by atoms with E-state index in [1.54, 1.807) is 6.20 Å². The first-order valence-corrected chi connectivity index (χ1v) is 7.19. The monoisotopic (exact) mass is 269 g/mol. The summed E-state index contributed by atoms with van der Waals surface area (Å²) in [6.07, 6.45) is 8.26. The molecule has 20 heavy (non-hydrogen) atoms. The predicted octanol–water partition coefficient (Wildman–Crippen LogP) is 3.22. The summed E-state index contributed by atoms with van der Waals surface area (Å²) >= 11 is 0. The van der Waals surface area contributed by atoms with Gasteiger partial charge in [0.2, 0.25) is 0 Å². The van der Waals surface area contributed by atoms with Crippen molar-refractivity contribution in [2.24, 2.45) is 5.73 Å². The van der Waals surface area contributed by atoms with Gasteiger partial charge in [0, 0.05) is 5.56 Å². The summed E-state index contributed by atoms with van der Waals surface area (Å²) in [5.74, 6) is 0.214. The molecular weight excluding hydrogens is 250 g/mol. The third kappa shape index (κ3) is 2.46. The number of H-pyrrole nitrogens is 1. The van der Waals surface area contributed by atoms with Gasteiger partial charge in [-0.3, -0.25) is 9.89 Å². The maximum Gasteiger partial charge on any atom is 0.267 e. The Morgan fingerprint density at radius 3 is 2.50 bits per heavy atom. The van der Waals surface area contributed by atoms with Crippen molar-refractivity contribution < 1.29 is 4.79 Å². The lowest BCUT2D eigenvalue weighted by atomic mass is 9.84. The molecule has 1 aliphatic rings. The molecule has 4 heteroatoms. The van der Waals surface area contributed by atoms with Crippen LogP contribution < -0.4 is 5.73 Å². The molecule has 0 spiro atoms. The summed E-state index contributed by atoms with van der Waals surface area (Å²) in [7, 11) is 0. The lowest BCUT2D eigenvalue weighted by Crippen LogP contribution is -2.12. The molecule has 2 aromatic rings. The van der Waals surface area contributed by atoms with Gasteiger partial charge in [0.05, 0.1) is 6.20 Å². The van der Waals surface area contributed by atoms with Gasteiger partial charge < -0.3 is 5.73 Å². The number of carbonyl (C=O) groups excluding carboxylic acids is 1. The van der Waals surface area contributed by atoms with E-state index in [2.05, 4.69) is 34.5 Å². The van der Waals surface area contributed by atoms with Crippen LogP contribution in [-0.2, 0) is 0 Å². The van der Waals surface area contributed by atoms with E-state index in [0.29, 0.717) is 11.6 Å². The van der Waals surface area contributed by atoms with E-state index in [-0.39, 0.29) is 0 Å². The van der Waals surface area contributed by atoms with Crippen LogP contribution in [0.15, 0.2) is 30.5 Å². The average Bonchev–Trinajstić information content (AvgIpc) is 2.98. The second kappa shape index (κ2) is 5.49. The highest BCUT2D eigenvalue weighted by atomic mass is 16.1. The number of primary amides is 1. The number of aromatic amines is 1. The fraction of sp³-hybridized carbons (Fsp3) is 0.375. The van der Waals surface area contributed by atoms with E-state index in [1.807, 2.05) is 0 Å². The molecule has 1 fully saturated rings. The van der Waals surface area contributed by atoms with Crippen molar-refractivity contribution in [2.45, 2.75) is 38.0 Å². The largest absolute Gasteiger partial charge is 0.364 e. The number of nitrogens with zero attached hydrogens (tertiary/aromatic N) is 1. The normalized spacial score (nSPS) is 16.2. The van der Waals surface area contributed by atoms with E-state index in [0.717, 1.165) is 11.1 Å². The molecule has 0 atom stereocenters. The Bertz CT molecular complexity index is 594. The zero-order chi connectivity index (χ0) is 13.9. The van der Waals surface area contributed by atoms with Crippen LogP contribution >= 0.6 is 0 Å². The molecule has 0 radical (unpaired) electrons. The van der Waals surface area contributed by atoms with Crippen molar-refractivity contribution in [1.82, 2.24) is 10.2 Å². The highest BCUT2D eigenvalue weighted by Gasteiger charge is 2.16. The summed E-state index contributed by atoms with van der Waals surface area (Å²) < 4.78 is 0. The highest BCUT2D eigenvalue weighted by molar-refractivity contribution is 5.97. The highest BCUT2D eigenvalue weighted by Crippen LogP contribution is 2.33. The maximum absolute atomic E-state index is 11.3. The Morgan fingerprint density at radius 1 is 1.15 bits per heavy atom. The topological polar surface area (TPSA) is 71.8 Å². The van der Waals surface area contributed by atoms with Gasteiger partial charge in [-0.1, -0.05) is 43.5 Å². The van der Waals surface area contributed by atoms with Gasteiger partial charge >= 0.3 is 0 Å². The molecule has 4 nitrogen and oxygen atoms in total. The predicted molar refractivity (Wildman–Crippen MR) is 78.4 cm³/mol. The standard InChI is InChI=1S/C16H19N3O/c17-16(20)15-14(10-18-19-15)13-8-6-12(7-9-13)11-4-2-1-3-5-11/h6-11H,1-5H2,(H2,17,20)(H,18,19). The number of benzene rings is 1. The molecule has 1 amide bonds. The van der Waals surface area contributed by atoms with Gasteiger partial charge in [0.25, 0.3) is 5.91 Å². The first kappa shape index (κ1) is 12.9. The molecule has 3 rings (SSSR count). The van der Waals surface area contributed by atoms with Crippen LogP contribution in [0.2, 0.25) is 0 Å². The van der Waals surface area contributed by atoms with Crippen LogP contribution in [-0.4, -0.2) is 16.1 Å². The number of amides is 1. The number of hydrogen-bond donors (Lipinski definition) is 2. The average molecular weight is 269 g/mol. The number of hydrogen-bond acceptors (Lipinski definition) is 2. The lowest BCUT2D eigenvalue weighted by Gasteiger charge is -2.22. The minimum absolute atomic E-state index is 0.371. The Balaban J connectivity index is 1.85. The lowest BCUT2D eigenvalue weighted by molar-refractivity contribution is 0.0996. The first-order chi connectivity index (χ1) is 9.75. The van der Waals surface area contributed by atoms with Crippen molar-refractivity contribution in [3.05, 3.63) is 41.7 Å². The van der Waals surface area contributed by atoms with Crippen LogP contribution in [0.25, 0.3) is 11.1 Å². The van der Waals surface area contributed by atoms with Gasteiger partial charge in [-0.2, -0.15) is 5.10 Å². The molecule has 0 saturated heterocycles. The van der Waals surface area contributed by atoms with Crippen molar-refractivity contribution in [3.8, 4) is 11.1 Å². The van der Waals surface area contributed by atoms with Crippen molar-refractivity contribution in [3.63, 3.8) is 0 Å². The molecule has 0 bridgehead atoms. The van der Waals surface area contributed by atoms with Gasteiger partial charge in [-0.05, 0) is 29.9 Å². The molecule has 1 heterocycles. The Kier molecular flexibility index (Phi) is 3.54. The number of nitrogens with two attached hydrogens (primary N) is 1. The van der Waals surface area contributed by atoms with Crippen molar-refractivity contribution in [2.75, 3.05) is 0 Å². The van der Waals surface area contributed by atoms with E-state index < -0.39 is 5.91 Å². The SMILES string of the molecule is NC(=O)c1[nH]ncc1-c1ccc(C2CCCCC2)cc1. The van der Waals surface area contributed by atoms with Crippen LogP contribution in [0.4, 0.5) is 0 Å². The van der Waals surface area contributed by atoms with Gasteiger partial charge in [0.1, 0.15) is 5.69 Å². The van der Waals surface area contributed by atoms with E-state index >= 15 is 0 Å². The van der Waals surface area contributed by atoms with Gasteiger partial charge in [0.15, 0.2) is 0 Å². The number of carbonyl (C=O) groups is 1. The van der Waals surface area contributed by atoms with Crippen molar-refractivity contribution >= 4 is 5.91 Å². The molecule has 3 N–H and O–H groups in total. The fourth-order valence-electron chi connectivity index (χ4n) is 3.06. The summed E-state index contributed by atoms with van der Waals surface area (Å²) in [5.41, 5.74) is 8.85. The molecule has 1 aliphatic carbocycles. The second-order valence-electron chi connectivity index (χ2n) is 5.48. The van der Waals surface area contributed by atoms with E-state index in [4.69, 9.17) is 5.73 Å². The van der Waals surface area contributed by atoms with Crippen LogP contribution in [0.3, 0.4) is 0 Å². The minimum atomic E-state index is -0.478. The van der Waals surface area contributed by atoms with Crippen LogP contribution in [0.1, 0.15) is 54.1 Å². The van der Waals surface area contributed by atoms with E-state index in [9.17, 15) is 4.79 Å². The molecular formula is C16H19N3O. The smallest absolute Gasteiger partial charge is 0.267 e. The summed E-state index contributed by atoms with van der Waals surface area (Å²) in [6, 6.07) is 8.45. The Morgan fingerprint density at radius 2 is 1.85 bits per heavy atom. The quantitative estimate of drug-likeness (QED) is 0.898.